The van der Waals surface area contributed by atoms with Crippen molar-refractivity contribution in [2.75, 3.05) is 0 Å². The van der Waals surface area contributed by atoms with Crippen LogP contribution in [0.25, 0.3) is 77.2 Å². The third-order valence-electron chi connectivity index (χ3n) is 12.6. The Hall–Kier alpha value is -5.72. The van der Waals surface area contributed by atoms with Crippen molar-refractivity contribution < 1.29 is 0 Å². The number of hydrogen-bond acceptors (Lipinski definition) is 0. The predicted molar refractivity (Wildman–Crippen MR) is 227 cm³/mol. The molecule has 0 radical (unpaired) electrons. The summed E-state index contributed by atoms with van der Waals surface area (Å²) >= 11 is 0. The summed E-state index contributed by atoms with van der Waals surface area (Å²) in [5.41, 5.74) is 20.2. The lowest BCUT2D eigenvalue weighted by molar-refractivity contribution is 0.648. The number of rotatable bonds is 4. The summed E-state index contributed by atoms with van der Waals surface area (Å²) in [5.74, 6) is 0.394. The molecule has 0 N–H and O–H groups in total. The molecule has 0 atom stereocenters. The third-order valence-corrected chi connectivity index (χ3v) is 12.6. The van der Waals surface area contributed by atoms with E-state index in [4.69, 9.17) is 0 Å². The first-order valence-electron chi connectivity index (χ1n) is 19.2. The Kier molecular flexibility index (Phi) is 6.87. The lowest BCUT2D eigenvalue weighted by Gasteiger charge is -2.28. The van der Waals surface area contributed by atoms with E-state index in [1.54, 1.807) is 0 Å². The fourth-order valence-corrected chi connectivity index (χ4v) is 9.64. The molecular formula is C53H44. The molecule has 0 aliphatic heterocycles. The van der Waals surface area contributed by atoms with Crippen molar-refractivity contribution in [3.05, 3.63) is 179 Å². The molecule has 0 spiro atoms. The Morgan fingerprint density at radius 3 is 1.49 bits per heavy atom. The minimum atomic E-state index is -0.123. The van der Waals surface area contributed by atoms with Gasteiger partial charge in [0.15, 0.2) is 0 Å². The van der Waals surface area contributed by atoms with E-state index in [2.05, 4.69) is 193 Å². The molecule has 0 aromatic heterocycles. The van der Waals surface area contributed by atoms with Crippen LogP contribution < -0.4 is 0 Å². The Bertz CT molecular complexity index is 2800. The maximum absolute atomic E-state index is 2.56. The minimum absolute atomic E-state index is 0.0942. The van der Waals surface area contributed by atoms with Gasteiger partial charge in [0, 0.05) is 10.8 Å². The average molecular weight is 681 g/mol. The van der Waals surface area contributed by atoms with Gasteiger partial charge in [-0.05, 0) is 141 Å². The molecule has 8 aromatic rings. The van der Waals surface area contributed by atoms with Crippen LogP contribution in [0, 0.1) is 0 Å². The smallest absolute Gasteiger partial charge is 0.0165 e. The van der Waals surface area contributed by atoms with E-state index in [0.29, 0.717) is 5.92 Å². The Morgan fingerprint density at radius 1 is 0.358 bits per heavy atom. The first kappa shape index (κ1) is 32.0. The van der Waals surface area contributed by atoms with Gasteiger partial charge in [-0.15, -0.1) is 0 Å². The van der Waals surface area contributed by atoms with Crippen LogP contribution in [0.2, 0.25) is 0 Å². The van der Waals surface area contributed by atoms with Gasteiger partial charge in [0.2, 0.25) is 0 Å². The van der Waals surface area contributed by atoms with Crippen LogP contribution >= 0.6 is 0 Å². The zero-order valence-corrected chi connectivity index (χ0v) is 31.5. The quantitative estimate of drug-likeness (QED) is 0.174. The molecule has 0 amide bonds. The highest BCUT2D eigenvalue weighted by Crippen LogP contribution is 2.61. The monoisotopic (exact) mass is 680 g/mol. The van der Waals surface area contributed by atoms with E-state index in [1.807, 2.05) is 0 Å². The molecule has 0 fully saturated rings. The number of hydrogen-bond donors (Lipinski definition) is 0. The van der Waals surface area contributed by atoms with E-state index in [1.165, 1.54) is 105 Å². The lowest BCUT2D eigenvalue weighted by atomic mass is 9.75. The second-order valence-corrected chi connectivity index (χ2v) is 16.8. The van der Waals surface area contributed by atoms with Gasteiger partial charge < -0.3 is 0 Å². The van der Waals surface area contributed by atoms with E-state index in [-0.39, 0.29) is 10.8 Å². The highest BCUT2D eigenvalue weighted by Gasteiger charge is 2.45. The third kappa shape index (κ3) is 4.75. The van der Waals surface area contributed by atoms with E-state index >= 15 is 0 Å². The second-order valence-electron chi connectivity index (χ2n) is 16.8. The van der Waals surface area contributed by atoms with E-state index < -0.39 is 0 Å². The van der Waals surface area contributed by atoms with Crippen molar-refractivity contribution in [3.8, 4) is 55.6 Å². The van der Waals surface area contributed by atoms with Crippen molar-refractivity contribution in [2.45, 2.75) is 58.3 Å². The summed E-state index contributed by atoms with van der Waals surface area (Å²) in [5, 5.41) is 5.07. The summed E-state index contributed by atoms with van der Waals surface area (Å²) in [7, 11) is 0. The standard InChI is InChI=1S/C53H44/c1-32(2)40-28-41(39-24-23-37-26-36(21-22-38(37)27-39)35-20-19-33-13-7-8-14-34(33)25-35)30-42(29-40)45-31-48-50(44-16-10-11-17-46(44)52(48,3)4)51-49(45)43-15-9-12-18-47(43)53(51,5)6/h7-32H,1-6H3. The summed E-state index contributed by atoms with van der Waals surface area (Å²) in [6.45, 7) is 14.3. The Balaban J connectivity index is 1.15. The number of benzene rings is 8. The molecule has 0 unspecified atom stereocenters. The fraction of sp³-hybridized carbons (Fsp3) is 0.170. The molecule has 0 bridgehead atoms. The molecule has 0 saturated heterocycles. The van der Waals surface area contributed by atoms with Crippen LogP contribution in [0.3, 0.4) is 0 Å². The van der Waals surface area contributed by atoms with Crippen molar-refractivity contribution in [1.29, 1.82) is 0 Å². The van der Waals surface area contributed by atoms with Gasteiger partial charge in [-0.3, -0.25) is 0 Å². The van der Waals surface area contributed by atoms with Crippen molar-refractivity contribution in [2.24, 2.45) is 0 Å². The van der Waals surface area contributed by atoms with Crippen LogP contribution in [-0.2, 0) is 10.8 Å². The summed E-state index contributed by atoms with van der Waals surface area (Å²) in [6, 6.07) is 57.5. The number of fused-ring (bicyclic) bond motifs is 9. The van der Waals surface area contributed by atoms with Crippen LogP contribution in [0.5, 0.6) is 0 Å². The molecule has 0 heterocycles. The predicted octanol–water partition coefficient (Wildman–Crippen LogP) is 14.7. The zero-order chi connectivity index (χ0) is 36.2. The maximum atomic E-state index is 2.56. The summed E-state index contributed by atoms with van der Waals surface area (Å²) in [6.07, 6.45) is 0. The largest absolute Gasteiger partial charge is 0.0619 e. The van der Waals surface area contributed by atoms with E-state index in [0.717, 1.165) is 0 Å². The zero-order valence-electron chi connectivity index (χ0n) is 31.5. The Morgan fingerprint density at radius 2 is 0.849 bits per heavy atom. The first-order chi connectivity index (χ1) is 25.6. The molecule has 2 aliphatic carbocycles. The van der Waals surface area contributed by atoms with Gasteiger partial charge in [-0.25, -0.2) is 0 Å². The van der Waals surface area contributed by atoms with Crippen molar-refractivity contribution >= 4 is 21.5 Å². The summed E-state index contributed by atoms with van der Waals surface area (Å²) in [4.78, 5) is 0. The van der Waals surface area contributed by atoms with Gasteiger partial charge in [-0.1, -0.05) is 163 Å². The normalized spacial score (nSPS) is 14.7. The van der Waals surface area contributed by atoms with Crippen molar-refractivity contribution in [1.82, 2.24) is 0 Å². The lowest BCUT2D eigenvalue weighted by Crippen LogP contribution is -2.18. The topological polar surface area (TPSA) is 0 Å². The molecule has 256 valence electrons. The van der Waals surface area contributed by atoms with Crippen LogP contribution in [-0.4, -0.2) is 0 Å². The van der Waals surface area contributed by atoms with Crippen LogP contribution in [0.15, 0.2) is 152 Å². The molecular weight excluding hydrogens is 637 g/mol. The van der Waals surface area contributed by atoms with Gasteiger partial charge >= 0.3 is 0 Å². The van der Waals surface area contributed by atoms with E-state index in [9.17, 15) is 0 Å². The SMILES string of the molecule is CC(C)c1cc(-c2ccc3cc(-c4ccc5ccccc5c4)ccc3c2)cc(-c2cc3c(c4c2-c2ccccc2C4(C)C)-c2ccccc2C3(C)C)c1. The first-order valence-corrected chi connectivity index (χ1v) is 19.2. The maximum Gasteiger partial charge on any atom is 0.0165 e. The molecule has 0 nitrogen and oxygen atoms in total. The molecule has 2 aliphatic rings. The summed E-state index contributed by atoms with van der Waals surface area (Å²) < 4.78 is 0. The van der Waals surface area contributed by atoms with Crippen LogP contribution in [0.4, 0.5) is 0 Å². The van der Waals surface area contributed by atoms with Gasteiger partial charge in [-0.2, -0.15) is 0 Å². The molecule has 53 heavy (non-hydrogen) atoms. The molecule has 10 rings (SSSR count). The highest BCUT2D eigenvalue weighted by molar-refractivity contribution is 6.02. The van der Waals surface area contributed by atoms with Crippen LogP contribution in [0.1, 0.15) is 75.3 Å². The Labute approximate surface area is 313 Å². The average Bonchev–Trinajstić information content (AvgIpc) is 3.56. The minimum Gasteiger partial charge on any atom is -0.0619 e. The highest BCUT2D eigenvalue weighted by atomic mass is 14.5. The molecule has 0 saturated carbocycles. The van der Waals surface area contributed by atoms with Crippen molar-refractivity contribution in [3.63, 3.8) is 0 Å². The second kappa shape index (κ2) is 11.4. The van der Waals surface area contributed by atoms with Gasteiger partial charge in [0.05, 0.1) is 0 Å². The fourth-order valence-electron chi connectivity index (χ4n) is 9.64. The van der Waals surface area contributed by atoms with Gasteiger partial charge in [0.1, 0.15) is 0 Å². The van der Waals surface area contributed by atoms with Gasteiger partial charge in [0.25, 0.3) is 0 Å². The molecule has 8 aromatic carbocycles. The molecule has 0 heteroatoms.